The van der Waals surface area contributed by atoms with E-state index in [9.17, 15) is 4.79 Å². The van der Waals surface area contributed by atoms with Crippen LogP contribution >= 0.6 is 15.9 Å². The summed E-state index contributed by atoms with van der Waals surface area (Å²) in [7, 11) is 1.35. The number of hydrogen-bond donors (Lipinski definition) is 1. The summed E-state index contributed by atoms with van der Waals surface area (Å²) >= 11 is 3.49. The number of esters is 1. The highest BCUT2D eigenvalue weighted by atomic mass is 79.9. The first-order chi connectivity index (χ1) is 9.08. The number of carbonyl (C=O) groups is 1. The van der Waals surface area contributed by atoms with E-state index in [0.29, 0.717) is 11.3 Å². The molecular formula is C14H16BrN2O2+. The van der Waals surface area contributed by atoms with Gasteiger partial charge in [0, 0.05) is 22.3 Å². The van der Waals surface area contributed by atoms with Gasteiger partial charge in [-0.3, -0.25) is 0 Å². The SMILES string of the molecule is CCC[n+]1ccc2c(N)c(C(=O)OC)cc(Br)c2c1. The van der Waals surface area contributed by atoms with Gasteiger partial charge in [-0.1, -0.05) is 6.92 Å². The van der Waals surface area contributed by atoms with Crippen LogP contribution in [-0.2, 0) is 11.3 Å². The highest BCUT2D eigenvalue weighted by Crippen LogP contribution is 2.31. The minimum atomic E-state index is -0.426. The van der Waals surface area contributed by atoms with Crippen LogP contribution in [0.25, 0.3) is 10.8 Å². The van der Waals surface area contributed by atoms with Crippen LogP contribution in [0.15, 0.2) is 29.0 Å². The standard InChI is InChI=1S/C14H15BrN2O2/c1-3-5-17-6-4-9-11(8-17)12(15)7-10(13(9)16)14(18)19-2/h4,6-8H,3,5H2,1-2H3,(H-,16,18)/p+1. The number of methoxy groups -OCH3 is 1. The van der Waals surface area contributed by atoms with Gasteiger partial charge in [0.05, 0.1) is 23.7 Å². The van der Waals surface area contributed by atoms with Crippen molar-refractivity contribution in [2.45, 2.75) is 19.9 Å². The maximum Gasteiger partial charge on any atom is 0.340 e. The number of nitrogen functional groups attached to an aromatic ring is 1. The van der Waals surface area contributed by atoms with Gasteiger partial charge in [-0.05, 0) is 22.0 Å². The number of aromatic nitrogens is 1. The van der Waals surface area contributed by atoms with Crippen LogP contribution in [0.4, 0.5) is 5.69 Å². The largest absolute Gasteiger partial charge is 0.465 e. The molecule has 1 aromatic heterocycles. The number of hydrogen-bond acceptors (Lipinski definition) is 3. The molecule has 0 spiro atoms. The summed E-state index contributed by atoms with van der Waals surface area (Å²) in [5, 5.41) is 1.84. The van der Waals surface area contributed by atoms with Crippen molar-refractivity contribution in [1.82, 2.24) is 0 Å². The Morgan fingerprint density at radius 1 is 1.47 bits per heavy atom. The van der Waals surface area contributed by atoms with Crippen molar-refractivity contribution in [3.63, 3.8) is 0 Å². The molecule has 0 unspecified atom stereocenters. The molecule has 5 heteroatoms. The Labute approximate surface area is 120 Å². The van der Waals surface area contributed by atoms with Gasteiger partial charge in [0.1, 0.15) is 6.54 Å². The third-order valence-corrected chi connectivity index (χ3v) is 3.67. The molecule has 0 saturated carbocycles. The number of ether oxygens (including phenoxy) is 1. The Morgan fingerprint density at radius 3 is 2.84 bits per heavy atom. The summed E-state index contributed by atoms with van der Waals surface area (Å²) in [5.41, 5.74) is 6.89. The Bertz CT molecular complexity index is 641. The smallest absolute Gasteiger partial charge is 0.340 e. The monoisotopic (exact) mass is 323 g/mol. The second-order valence-electron chi connectivity index (χ2n) is 4.32. The molecule has 0 aliphatic rings. The molecule has 0 bridgehead atoms. The third-order valence-electron chi connectivity index (χ3n) is 3.01. The van der Waals surface area contributed by atoms with Crippen LogP contribution in [0.3, 0.4) is 0 Å². The summed E-state index contributed by atoms with van der Waals surface area (Å²) in [6.45, 7) is 3.07. The number of pyridine rings is 1. The topological polar surface area (TPSA) is 56.2 Å². The van der Waals surface area contributed by atoms with Gasteiger partial charge in [0.2, 0.25) is 0 Å². The summed E-state index contributed by atoms with van der Waals surface area (Å²) in [4.78, 5) is 11.7. The van der Waals surface area contributed by atoms with Gasteiger partial charge in [0.15, 0.2) is 12.4 Å². The lowest BCUT2D eigenvalue weighted by Gasteiger charge is -2.09. The van der Waals surface area contributed by atoms with Crippen molar-refractivity contribution >= 4 is 38.4 Å². The molecular weight excluding hydrogens is 308 g/mol. The molecule has 0 atom stereocenters. The van der Waals surface area contributed by atoms with E-state index < -0.39 is 5.97 Å². The van der Waals surface area contributed by atoms with Gasteiger partial charge in [0.25, 0.3) is 0 Å². The van der Waals surface area contributed by atoms with Crippen LogP contribution in [0.2, 0.25) is 0 Å². The van der Waals surface area contributed by atoms with Gasteiger partial charge >= 0.3 is 5.97 Å². The van der Waals surface area contributed by atoms with E-state index in [1.54, 1.807) is 6.07 Å². The summed E-state index contributed by atoms with van der Waals surface area (Å²) in [6.07, 6.45) is 5.06. The third kappa shape index (κ3) is 2.56. The number of benzene rings is 1. The lowest BCUT2D eigenvalue weighted by atomic mass is 10.1. The van der Waals surface area contributed by atoms with Crippen molar-refractivity contribution in [1.29, 1.82) is 0 Å². The van der Waals surface area contributed by atoms with E-state index in [2.05, 4.69) is 27.4 Å². The van der Waals surface area contributed by atoms with Crippen molar-refractivity contribution in [2.24, 2.45) is 0 Å². The lowest BCUT2D eigenvalue weighted by molar-refractivity contribution is -0.695. The Kier molecular flexibility index (Phi) is 4.04. The fourth-order valence-electron chi connectivity index (χ4n) is 2.07. The van der Waals surface area contributed by atoms with Crippen molar-refractivity contribution < 1.29 is 14.1 Å². The molecule has 19 heavy (non-hydrogen) atoms. The first kappa shape index (κ1) is 13.8. The Morgan fingerprint density at radius 2 is 2.21 bits per heavy atom. The van der Waals surface area contributed by atoms with Crippen LogP contribution in [-0.4, -0.2) is 13.1 Å². The second-order valence-corrected chi connectivity index (χ2v) is 5.18. The van der Waals surface area contributed by atoms with Crippen LogP contribution < -0.4 is 10.3 Å². The van der Waals surface area contributed by atoms with E-state index in [1.165, 1.54) is 7.11 Å². The quantitative estimate of drug-likeness (QED) is 0.536. The van der Waals surface area contributed by atoms with E-state index in [0.717, 1.165) is 28.2 Å². The normalized spacial score (nSPS) is 10.7. The fraction of sp³-hybridized carbons (Fsp3) is 0.286. The number of rotatable bonds is 3. The molecule has 1 aromatic carbocycles. The Hall–Kier alpha value is -1.62. The van der Waals surface area contributed by atoms with Crippen LogP contribution in [0, 0.1) is 0 Å². The van der Waals surface area contributed by atoms with Crippen molar-refractivity contribution in [3.8, 4) is 0 Å². The number of halogens is 1. The molecule has 0 radical (unpaired) electrons. The molecule has 0 amide bonds. The molecule has 0 saturated heterocycles. The average Bonchev–Trinajstić information content (AvgIpc) is 2.42. The maximum absolute atomic E-state index is 11.7. The van der Waals surface area contributed by atoms with E-state index >= 15 is 0 Å². The molecule has 0 fully saturated rings. The zero-order valence-electron chi connectivity index (χ0n) is 10.9. The molecule has 2 aromatic rings. The summed E-state index contributed by atoms with van der Waals surface area (Å²) in [5.74, 6) is -0.426. The average molecular weight is 324 g/mol. The Balaban J connectivity index is 2.66. The predicted octanol–water partition coefficient (Wildman–Crippen LogP) is 2.67. The fourth-order valence-corrected chi connectivity index (χ4v) is 2.61. The van der Waals surface area contributed by atoms with Crippen LogP contribution in [0.1, 0.15) is 23.7 Å². The molecule has 0 aliphatic heterocycles. The molecule has 0 aliphatic carbocycles. The van der Waals surface area contributed by atoms with E-state index in [-0.39, 0.29) is 0 Å². The highest BCUT2D eigenvalue weighted by Gasteiger charge is 2.17. The van der Waals surface area contributed by atoms with Gasteiger partial charge in [-0.2, -0.15) is 0 Å². The molecule has 2 N–H and O–H groups in total. The van der Waals surface area contributed by atoms with Crippen molar-refractivity contribution in [2.75, 3.05) is 12.8 Å². The number of nitrogens with zero attached hydrogens (tertiary/aromatic N) is 1. The van der Waals surface area contributed by atoms with Gasteiger partial charge in [-0.15, -0.1) is 0 Å². The first-order valence-corrected chi connectivity index (χ1v) is 6.86. The number of carbonyl (C=O) groups excluding carboxylic acids is 1. The number of fused-ring (bicyclic) bond motifs is 1. The zero-order valence-corrected chi connectivity index (χ0v) is 12.5. The van der Waals surface area contributed by atoms with E-state index in [4.69, 9.17) is 10.5 Å². The van der Waals surface area contributed by atoms with Crippen molar-refractivity contribution in [3.05, 3.63) is 34.6 Å². The summed E-state index contributed by atoms with van der Waals surface area (Å²) in [6, 6.07) is 3.64. The maximum atomic E-state index is 11.7. The highest BCUT2D eigenvalue weighted by molar-refractivity contribution is 9.10. The minimum Gasteiger partial charge on any atom is -0.465 e. The minimum absolute atomic E-state index is 0.384. The zero-order chi connectivity index (χ0) is 14.0. The predicted molar refractivity (Wildman–Crippen MR) is 77.9 cm³/mol. The number of anilines is 1. The number of aryl methyl sites for hydroxylation is 1. The molecule has 2 rings (SSSR count). The number of nitrogens with two attached hydrogens (primary N) is 1. The van der Waals surface area contributed by atoms with E-state index in [1.807, 2.05) is 18.5 Å². The second kappa shape index (κ2) is 5.57. The van der Waals surface area contributed by atoms with Gasteiger partial charge < -0.3 is 10.5 Å². The molecule has 1 heterocycles. The first-order valence-electron chi connectivity index (χ1n) is 6.07. The lowest BCUT2D eigenvalue weighted by Crippen LogP contribution is -2.32. The molecule has 4 nitrogen and oxygen atoms in total. The summed E-state index contributed by atoms with van der Waals surface area (Å²) < 4.78 is 7.68. The molecule has 100 valence electrons. The van der Waals surface area contributed by atoms with Gasteiger partial charge in [-0.25, -0.2) is 9.36 Å². The van der Waals surface area contributed by atoms with Crippen LogP contribution in [0.5, 0.6) is 0 Å².